The van der Waals surface area contributed by atoms with Gasteiger partial charge in [0.05, 0.1) is 5.52 Å². The molecule has 0 atom stereocenters. The number of carbonyl (C=O) groups excluding carboxylic acids is 1. The van der Waals surface area contributed by atoms with Crippen LogP contribution in [0.2, 0.25) is 0 Å². The molecule has 6 heteroatoms. The Morgan fingerprint density at radius 1 is 1.25 bits per heavy atom. The number of aryl methyl sites for hydroxylation is 1. The summed E-state index contributed by atoms with van der Waals surface area (Å²) in [5.74, 6) is -0.105. The number of rotatable bonds is 3. The SMILES string of the molecule is CCc1nc2cc(NC(C)=O)ncc2cc1-c1cc(N)ccc1F. The Balaban J connectivity index is 2.18. The molecule has 0 saturated heterocycles. The molecule has 0 fully saturated rings. The van der Waals surface area contributed by atoms with E-state index < -0.39 is 0 Å². The van der Waals surface area contributed by atoms with Gasteiger partial charge in [-0.3, -0.25) is 9.78 Å². The molecule has 5 nitrogen and oxygen atoms in total. The number of nitrogens with two attached hydrogens (primary N) is 1. The van der Waals surface area contributed by atoms with E-state index in [1.54, 1.807) is 18.3 Å². The van der Waals surface area contributed by atoms with E-state index in [9.17, 15) is 9.18 Å². The molecule has 3 aromatic rings. The third kappa shape index (κ3) is 3.03. The number of pyridine rings is 2. The predicted molar refractivity (Wildman–Crippen MR) is 93.0 cm³/mol. The molecule has 0 aliphatic rings. The highest BCUT2D eigenvalue weighted by molar-refractivity contribution is 5.91. The third-order valence-corrected chi connectivity index (χ3v) is 3.70. The number of carbonyl (C=O) groups is 1. The zero-order chi connectivity index (χ0) is 17.3. The normalized spacial score (nSPS) is 10.8. The topological polar surface area (TPSA) is 80.9 Å². The van der Waals surface area contributed by atoms with Gasteiger partial charge in [0.15, 0.2) is 0 Å². The summed E-state index contributed by atoms with van der Waals surface area (Å²) in [5, 5.41) is 3.39. The number of nitrogens with zero attached hydrogens (tertiary/aromatic N) is 2. The van der Waals surface area contributed by atoms with Gasteiger partial charge in [-0.25, -0.2) is 9.37 Å². The molecule has 0 unspecified atom stereocenters. The van der Waals surface area contributed by atoms with Crippen molar-refractivity contribution in [2.45, 2.75) is 20.3 Å². The zero-order valence-corrected chi connectivity index (χ0v) is 13.4. The molecule has 24 heavy (non-hydrogen) atoms. The van der Waals surface area contributed by atoms with Gasteiger partial charge in [-0.15, -0.1) is 0 Å². The van der Waals surface area contributed by atoms with Crippen molar-refractivity contribution in [2.24, 2.45) is 0 Å². The van der Waals surface area contributed by atoms with Crippen molar-refractivity contribution >= 4 is 28.3 Å². The van der Waals surface area contributed by atoms with Crippen molar-refractivity contribution in [3.8, 4) is 11.1 Å². The first-order valence-corrected chi connectivity index (χ1v) is 7.60. The number of nitrogens with one attached hydrogen (secondary N) is 1. The van der Waals surface area contributed by atoms with Crippen LogP contribution in [-0.4, -0.2) is 15.9 Å². The van der Waals surface area contributed by atoms with Crippen LogP contribution in [0.4, 0.5) is 15.9 Å². The van der Waals surface area contributed by atoms with Crippen molar-refractivity contribution in [1.29, 1.82) is 0 Å². The Bertz CT molecular complexity index is 940. The van der Waals surface area contributed by atoms with Crippen LogP contribution in [0.5, 0.6) is 0 Å². The quantitative estimate of drug-likeness (QED) is 0.722. The van der Waals surface area contributed by atoms with E-state index in [1.165, 1.54) is 19.1 Å². The van der Waals surface area contributed by atoms with Crippen LogP contribution in [0.3, 0.4) is 0 Å². The summed E-state index contributed by atoms with van der Waals surface area (Å²) in [4.78, 5) is 20.0. The molecule has 3 N–H and O–H groups in total. The molecular weight excluding hydrogens is 307 g/mol. The molecule has 3 rings (SSSR count). The number of nitrogen functional groups attached to an aromatic ring is 1. The summed E-state index contributed by atoms with van der Waals surface area (Å²) >= 11 is 0. The monoisotopic (exact) mass is 324 g/mol. The fourth-order valence-electron chi connectivity index (χ4n) is 2.61. The second-order valence-electron chi connectivity index (χ2n) is 5.52. The minimum atomic E-state index is -0.345. The van der Waals surface area contributed by atoms with Gasteiger partial charge in [0.25, 0.3) is 0 Å². The maximum Gasteiger partial charge on any atom is 0.222 e. The first-order valence-electron chi connectivity index (χ1n) is 7.60. The van der Waals surface area contributed by atoms with Crippen molar-refractivity contribution in [1.82, 2.24) is 9.97 Å². The summed E-state index contributed by atoms with van der Waals surface area (Å²) in [6.07, 6.45) is 2.25. The highest BCUT2D eigenvalue weighted by atomic mass is 19.1. The number of anilines is 2. The number of aromatic nitrogens is 2. The van der Waals surface area contributed by atoms with Crippen molar-refractivity contribution in [3.05, 3.63) is 48.0 Å². The maximum atomic E-state index is 14.2. The number of benzene rings is 1. The average Bonchev–Trinajstić information content (AvgIpc) is 2.55. The lowest BCUT2D eigenvalue weighted by molar-refractivity contribution is -0.114. The summed E-state index contributed by atoms with van der Waals surface area (Å²) < 4.78 is 14.2. The van der Waals surface area contributed by atoms with E-state index in [4.69, 9.17) is 5.73 Å². The van der Waals surface area contributed by atoms with Crippen molar-refractivity contribution < 1.29 is 9.18 Å². The Hall–Kier alpha value is -3.02. The van der Waals surface area contributed by atoms with E-state index >= 15 is 0 Å². The second kappa shape index (κ2) is 6.23. The standard InChI is InChI=1S/C18H17FN4O/c1-3-16-14(13-7-12(20)4-5-15(13)19)6-11-9-21-18(22-10(2)24)8-17(11)23-16/h4-9H,3,20H2,1-2H3,(H,21,22,24). The molecule has 0 radical (unpaired) electrons. The van der Waals surface area contributed by atoms with Gasteiger partial charge < -0.3 is 11.1 Å². The molecular formula is C18H17FN4O. The third-order valence-electron chi connectivity index (χ3n) is 3.70. The minimum Gasteiger partial charge on any atom is -0.399 e. The summed E-state index contributed by atoms with van der Waals surface area (Å²) in [6, 6.07) is 8.04. The van der Waals surface area contributed by atoms with Crippen molar-refractivity contribution in [2.75, 3.05) is 11.1 Å². The Morgan fingerprint density at radius 3 is 2.75 bits per heavy atom. The van der Waals surface area contributed by atoms with Crippen LogP contribution in [0.1, 0.15) is 19.5 Å². The molecule has 2 aromatic heterocycles. The molecule has 122 valence electrons. The first-order chi connectivity index (χ1) is 11.5. The molecule has 0 aliphatic heterocycles. The van der Waals surface area contributed by atoms with Gasteiger partial charge >= 0.3 is 0 Å². The lowest BCUT2D eigenvalue weighted by Gasteiger charge is -2.12. The van der Waals surface area contributed by atoms with Gasteiger partial charge in [-0.05, 0) is 30.7 Å². The van der Waals surface area contributed by atoms with Crippen LogP contribution in [-0.2, 0) is 11.2 Å². The van der Waals surface area contributed by atoms with Crippen LogP contribution in [0.15, 0.2) is 36.5 Å². The van der Waals surface area contributed by atoms with E-state index in [1.807, 2.05) is 13.0 Å². The highest BCUT2D eigenvalue weighted by Gasteiger charge is 2.13. The second-order valence-corrected chi connectivity index (χ2v) is 5.52. The summed E-state index contributed by atoms with van der Waals surface area (Å²) in [7, 11) is 0. The zero-order valence-electron chi connectivity index (χ0n) is 13.4. The Kier molecular flexibility index (Phi) is 4.12. The Labute approximate surface area is 138 Å². The van der Waals surface area contributed by atoms with E-state index in [0.717, 1.165) is 11.1 Å². The lowest BCUT2D eigenvalue weighted by Crippen LogP contribution is -2.07. The fourth-order valence-corrected chi connectivity index (χ4v) is 2.61. The largest absolute Gasteiger partial charge is 0.399 e. The smallest absolute Gasteiger partial charge is 0.222 e. The molecule has 0 spiro atoms. The van der Waals surface area contributed by atoms with Crippen LogP contribution >= 0.6 is 0 Å². The minimum absolute atomic E-state index is 0.198. The molecule has 0 aliphatic carbocycles. The van der Waals surface area contributed by atoms with Crippen LogP contribution < -0.4 is 11.1 Å². The summed E-state index contributed by atoms with van der Waals surface area (Å²) in [6.45, 7) is 3.38. The van der Waals surface area contributed by atoms with E-state index in [-0.39, 0.29) is 11.7 Å². The molecule has 1 aromatic carbocycles. The van der Waals surface area contributed by atoms with Gasteiger partial charge in [0.2, 0.25) is 5.91 Å². The van der Waals surface area contributed by atoms with Crippen molar-refractivity contribution in [3.63, 3.8) is 0 Å². The van der Waals surface area contributed by atoms with Gasteiger partial charge in [0, 0.05) is 47.1 Å². The number of hydrogen-bond donors (Lipinski definition) is 2. The molecule has 1 amide bonds. The van der Waals surface area contributed by atoms with Gasteiger partial charge in [-0.2, -0.15) is 0 Å². The maximum absolute atomic E-state index is 14.2. The first kappa shape index (κ1) is 15.9. The van der Waals surface area contributed by atoms with E-state index in [2.05, 4.69) is 15.3 Å². The molecule has 2 heterocycles. The number of fused-ring (bicyclic) bond motifs is 1. The van der Waals surface area contributed by atoms with Crippen LogP contribution in [0.25, 0.3) is 22.0 Å². The molecule has 0 saturated carbocycles. The van der Waals surface area contributed by atoms with Gasteiger partial charge in [0.1, 0.15) is 11.6 Å². The number of amides is 1. The highest BCUT2D eigenvalue weighted by Crippen LogP contribution is 2.30. The number of halogens is 1. The van der Waals surface area contributed by atoms with Gasteiger partial charge in [-0.1, -0.05) is 6.92 Å². The van der Waals surface area contributed by atoms with Crippen LogP contribution in [0, 0.1) is 5.82 Å². The lowest BCUT2D eigenvalue weighted by atomic mass is 9.99. The Morgan fingerprint density at radius 2 is 2.04 bits per heavy atom. The number of hydrogen-bond acceptors (Lipinski definition) is 4. The fraction of sp³-hybridized carbons (Fsp3) is 0.167. The molecule has 0 bridgehead atoms. The predicted octanol–water partition coefficient (Wildman–Crippen LogP) is 3.54. The van der Waals surface area contributed by atoms with E-state index in [0.29, 0.717) is 34.6 Å². The average molecular weight is 324 g/mol. The summed E-state index contributed by atoms with van der Waals surface area (Å²) in [5.41, 5.74) is 8.86.